The highest BCUT2D eigenvalue weighted by molar-refractivity contribution is 7.21. The Morgan fingerprint density at radius 1 is 0.805 bits per heavy atom. The molecule has 0 radical (unpaired) electrons. The number of rotatable bonds is 20. The fraction of sp³-hybridized carbons (Fsp3) is 0.500. The standard InChI is InChI=1S/C34H45ClN2O3S/c1-2-3-4-5-6-7-8-9-10-11-12-13-14-15-16-21-31(38)37-36-26-27-22-24-28(25-23-27)40-34(39)33-32(35)29-19-17-18-20-30(29)41-33/h17-20,22-26H,2-16,21H2,1H3,(H,37,38)/b36-26-. The van der Waals surface area contributed by atoms with Crippen molar-refractivity contribution in [2.45, 2.75) is 110 Å². The van der Waals surface area contributed by atoms with Crippen LogP contribution in [-0.4, -0.2) is 18.1 Å². The smallest absolute Gasteiger partial charge is 0.355 e. The molecule has 0 bridgehead atoms. The number of carbonyl (C=O) groups is 2. The number of unbranched alkanes of at least 4 members (excludes halogenated alkanes) is 14. The Hall–Kier alpha value is -2.70. The lowest BCUT2D eigenvalue weighted by atomic mass is 10.0. The summed E-state index contributed by atoms with van der Waals surface area (Å²) in [5, 5.41) is 5.32. The van der Waals surface area contributed by atoms with Crippen molar-refractivity contribution in [3.05, 3.63) is 64.0 Å². The zero-order chi connectivity index (χ0) is 29.1. The van der Waals surface area contributed by atoms with Gasteiger partial charge in [0.25, 0.3) is 0 Å². The van der Waals surface area contributed by atoms with Gasteiger partial charge in [0.1, 0.15) is 10.6 Å². The molecular formula is C34H45ClN2O3S. The van der Waals surface area contributed by atoms with Gasteiger partial charge in [-0.15, -0.1) is 11.3 Å². The minimum absolute atomic E-state index is 0.0679. The molecule has 1 N–H and O–H groups in total. The molecule has 0 unspecified atom stereocenters. The zero-order valence-corrected chi connectivity index (χ0v) is 26.0. The molecule has 0 aliphatic carbocycles. The van der Waals surface area contributed by atoms with E-state index in [1.54, 1.807) is 30.5 Å². The molecule has 0 fully saturated rings. The second-order valence-electron chi connectivity index (χ2n) is 10.7. The maximum absolute atomic E-state index is 12.6. The van der Waals surface area contributed by atoms with Crippen molar-refractivity contribution >= 4 is 51.1 Å². The fourth-order valence-electron chi connectivity index (χ4n) is 4.81. The molecule has 41 heavy (non-hydrogen) atoms. The van der Waals surface area contributed by atoms with Gasteiger partial charge in [-0.25, -0.2) is 10.2 Å². The van der Waals surface area contributed by atoms with Crippen LogP contribution >= 0.6 is 22.9 Å². The summed E-state index contributed by atoms with van der Waals surface area (Å²) < 4.78 is 6.44. The van der Waals surface area contributed by atoms with Gasteiger partial charge >= 0.3 is 5.97 Å². The highest BCUT2D eigenvalue weighted by Gasteiger charge is 2.18. The summed E-state index contributed by atoms with van der Waals surface area (Å²) in [5.74, 6) is -0.136. The van der Waals surface area contributed by atoms with Crippen LogP contribution in [0.4, 0.5) is 0 Å². The molecular weight excluding hydrogens is 552 g/mol. The molecule has 3 rings (SSSR count). The Balaban J connectivity index is 1.21. The predicted octanol–water partition coefficient (Wildman–Crippen LogP) is 10.5. The van der Waals surface area contributed by atoms with E-state index < -0.39 is 5.97 Å². The lowest BCUT2D eigenvalue weighted by molar-refractivity contribution is -0.121. The number of hydrogen-bond acceptors (Lipinski definition) is 5. The van der Waals surface area contributed by atoms with Crippen molar-refractivity contribution in [3.8, 4) is 5.75 Å². The monoisotopic (exact) mass is 596 g/mol. The highest BCUT2D eigenvalue weighted by Crippen LogP contribution is 2.35. The molecule has 1 aromatic heterocycles. The number of nitrogens with one attached hydrogen (secondary N) is 1. The number of halogens is 1. The van der Waals surface area contributed by atoms with Crippen LogP contribution in [0.1, 0.15) is 125 Å². The van der Waals surface area contributed by atoms with Crippen molar-refractivity contribution in [2.24, 2.45) is 5.10 Å². The minimum Gasteiger partial charge on any atom is -0.422 e. The molecule has 2 aromatic carbocycles. The second kappa shape index (κ2) is 19.4. The van der Waals surface area contributed by atoms with Crippen LogP contribution in [0.2, 0.25) is 5.02 Å². The Labute approximate surface area is 254 Å². The van der Waals surface area contributed by atoms with Gasteiger partial charge in [-0.1, -0.05) is 127 Å². The van der Waals surface area contributed by atoms with E-state index in [9.17, 15) is 9.59 Å². The van der Waals surface area contributed by atoms with Crippen molar-refractivity contribution in [1.82, 2.24) is 5.43 Å². The number of hydrazone groups is 1. The van der Waals surface area contributed by atoms with E-state index in [-0.39, 0.29) is 5.91 Å². The first-order chi connectivity index (χ1) is 20.1. The van der Waals surface area contributed by atoms with Crippen LogP contribution in [0, 0.1) is 0 Å². The molecule has 0 atom stereocenters. The summed E-state index contributed by atoms with van der Waals surface area (Å²) in [7, 11) is 0. The maximum atomic E-state index is 12.6. The first-order valence-corrected chi connectivity index (χ1v) is 16.6. The number of thiophene rings is 1. The largest absolute Gasteiger partial charge is 0.422 e. The number of esters is 1. The average molecular weight is 597 g/mol. The summed E-state index contributed by atoms with van der Waals surface area (Å²) in [6, 6.07) is 14.6. The normalized spacial score (nSPS) is 11.4. The first kappa shape index (κ1) is 32.8. The molecule has 5 nitrogen and oxygen atoms in total. The van der Waals surface area contributed by atoms with Gasteiger partial charge in [0.15, 0.2) is 0 Å². The molecule has 0 spiro atoms. The van der Waals surface area contributed by atoms with Crippen LogP contribution in [-0.2, 0) is 4.79 Å². The summed E-state index contributed by atoms with van der Waals surface area (Å²) >= 11 is 7.70. The van der Waals surface area contributed by atoms with Gasteiger partial charge in [-0.2, -0.15) is 5.10 Å². The SMILES string of the molecule is CCCCCCCCCCCCCCCCCC(=O)N/N=C\c1ccc(OC(=O)c2sc3ccccc3c2Cl)cc1. The number of benzene rings is 2. The van der Waals surface area contributed by atoms with Crippen molar-refractivity contribution < 1.29 is 14.3 Å². The number of nitrogens with zero attached hydrogens (tertiary/aromatic N) is 1. The van der Waals surface area contributed by atoms with Gasteiger partial charge in [0.2, 0.25) is 5.91 Å². The maximum Gasteiger partial charge on any atom is 0.355 e. The Kier molecular flexibility index (Phi) is 15.5. The summed E-state index contributed by atoms with van der Waals surface area (Å²) in [6.45, 7) is 2.27. The number of hydrogen-bond donors (Lipinski definition) is 1. The average Bonchev–Trinajstić information content (AvgIpc) is 3.32. The van der Waals surface area contributed by atoms with E-state index in [2.05, 4.69) is 17.5 Å². The van der Waals surface area contributed by atoms with E-state index in [0.717, 1.165) is 28.5 Å². The van der Waals surface area contributed by atoms with Gasteiger partial charge in [0.05, 0.1) is 11.2 Å². The molecule has 7 heteroatoms. The predicted molar refractivity (Wildman–Crippen MR) is 174 cm³/mol. The molecule has 0 aliphatic heterocycles. The van der Waals surface area contributed by atoms with Crippen LogP contribution in [0.25, 0.3) is 10.1 Å². The molecule has 0 saturated heterocycles. The molecule has 1 amide bonds. The topological polar surface area (TPSA) is 67.8 Å². The van der Waals surface area contributed by atoms with Gasteiger partial charge < -0.3 is 4.74 Å². The summed E-state index contributed by atoms with van der Waals surface area (Å²) in [6.07, 6.45) is 21.7. The van der Waals surface area contributed by atoms with E-state index in [1.165, 1.54) is 94.8 Å². The van der Waals surface area contributed by atoms with Crippen LogP contribution in [0.3, 0.4) is 0 Å². The van der Waals surface area contributed by atoms with Gasteiger partial charge in [0, 0.05) is 16.5 Å². The van der Waals surface area contributed by atoms with Crippen LogP contribution in [0.5, 0.6) is 5.75 Å². The highest BCUT2D eigenvalue weighted by atomic mass is 35.5. The van der Waals surface area contributed by atoms with Crippen molar-refractivity contribution in [2.75, 3.05) is 0 Å². The van der Waals surface area contributed by atoms with Gasteiger partial charge in [-0.3, -0.25) is 4.79 Å². The van der Waals surface area contributed by atoms with E-state index >= 15 is 0 Å². The fourth-order valence-corrected chi connectivity index (χ4v) is 6.20. The first-order valence-electron chi connectivity index (χ1n) is 15.4. The Morgan fingerprint density at radius 3 is 1.95 bits per heavy atom. The molecule has 0 aliphatic rings. The number of amides is 1. The number of ether oxygens (including phenoxy) is 1. The van der Waals surface area contributed by atoms with Gasteiger partial charge in [-0.05, 0) is 42.3 Å². The van der Waals surface area contributed by atoms with Crippen molar-refractivity contribution in [3.63, 3.8) is 0 Å². The molecule has 0 saturated carbocycles. The molecule has 222 valence electrons. The number of fused-ring (bicyclic) bond motifs is 1. The Morgan fingerprint density at radius 2 is 1.37 bits per heavy atom. The third-order valence-corrected chi connectivity index (χ3v) is 8.88. The summed E-state index contributed by atoms with van der Waals surface area (Å²) in [5.41, 5.74) is 3.39. The van der Waals surface area contributed by atoms with E-state index in [0.29, 0.717) is 22.1 Å². The zero-order valence-electron chi connectivity index (χ0n) is 24.5. The molecule has 1 heterocycles. The minimum atomic E-state index is -0.483. The van der Waals surface area contributed by atoms with E-state index in [4.69, 9.17) is 16.3 Å². The van der Waals surface area contributed by atoms with Crippen LogP contribution in [0.15, 0.2) is 53.6 Å². The number of carbonyl (C=O) groups excluding carboxylic acids is 2. The summed E-state index contributed by atoms with van der Waals surface area (Å²) in [4.78, 5) is 25.1. The van der Waals surface area contributed by atoms with Crippen LogP contribution < -0.4 is 10.2 Å². The lowest BCUT2D eigenvalue weighted by Gasteiger charge is -2.04. The quantitative estimate of drug-likeness (QED) is 0.0463. The van der Waals surface area contributed by atoms with Crippen molar-refractivity contribution in [1.29, 1.82) is 0 Å². The second-order valence-corrected chi connectivity index (χ2v) is 12.1. The Bertz CT molecular complexity index is 1220. The molecule has 3 aromatic rings. The van der Waals surface area contributed by atoms with E-state index in [1.807, 2.05) is 24.3 Å². The third kappa shape index (κ3) is 12.4. The lowest BCUT2D eigenvalue weighted by Crippen LogP contribution is -2.16. The third-order valence-electron chi connectivity index (χ3n) is 7.22.